The first-order valence-corrected chi connectivity index (χ1v) is 10.8. The van der Waals surface area contributed by atoms with Crippen LogP contribution in [0, 0.1) is 0 Å². The highest BCUT2D eigenvalue weighted by Crippen LogP contribution is 2.29. The van der Waals surface area contributed by atoms with Crippen molar-refractivity contribution >= 4 is 55.1 Å². The van der Waals surface area contributed by atoms with Gasteiger partial charge in [0.05, 0.1) is 5.02 Å². The fraction of sp³-hybridized carbons (Fsp3) is 0.100. The van der Waals surface area contributed by atoms with Crippen LogP contribution in [0.1, 0.15) is 12.0 Å². The van der Waals surface area contributed by atoms with Crippen LogP contribution >= 0.6 is 11.6 Å². The predicted molar refractivity (Wildman–Crippen MR) is 115 cm³/mol. The molecule has 10 heteroatoms. The van der Waals surface area contributed by atoms with E-state index in [4.69, 9.17) is 16.7 Å². The fourth-order valence-corrected chi connectivity index (χ4v) is 4.94. The average Bonchev–Trinajstić information content (AvgIpc) is 3.12. The predicted octanol–water partition coefficient (Wildman–Crippen LogP) is 3.48. The number of aromatic nitrogens is 2. The number of carboxylic acids is 1. The summed E-state index contributed by atoms with van der Waals surface area (Å²) in [5.74, 6) is -0.952. The van der Waals surface area contributed by atoms with Crippen molar-refractivity contribution in [1.29, 1.82) is 0 Å². The van der Waals surface area contributed by atoms with E-state index in [1.165, 1.54) is 18.2 Å². The average molecular weight is 446 g/mol. The molecule has 2 aromatic heterocycles. The number of carbonyl (C=O) groups is 1. The first-order valence-electron chi connectivity index (χ1n) is 8.91. The van der Waals surface area contributed by atoms with Gasteiger partial charge in [0.25, 0.3) is 15.6 Å². The number of rotatable bonds is 6. The minimum Gasteiger partial charge on any atom is -0.481 e. The summed E-state index contributed by atoms with van der Waals surface area (Å²) >= 11 is 6.02. The van der Waals surface area contributed by atoms with Gasteiger partial charge in [-0.05, 0) is 42.3 Å². The van der Waals surface area contributed by atoms with Crippen LogP contribution in [-0.4, -0.2) is 29.5 Å². The summed E-state index contributed by atoms with van der Waals surface area (Å²) in [5, 5.41) is 10.2. The van der Waals surface area contributed by atoms with Gasteiger partial charge in [0.1, 0.15) is 10.4 Å². The molecule has 2 heterocycles. The lowest BCUT2D eigenvalue weighted by Gasteiger charge is -2.11. The Hall–Kier alpha value is -3.30. The zero-order chi connectivity index (χ0) is 21.5. The van der Waals surface area contributed by atoms with Crippen molar-refractivity contribution in [2.24, 2.45) is 0 Å². The summed E-state index contributed by atoms with van der Waals surface area (Å²) in [5.41, 5.74) is 1.40. The van der Waals surface area contributed by atoms with Crippen LogP contribution in [-0.2, 0) is 21.2 Å². The van der Waals surface area contributed by atoms with Crippen molar-refractivity contribution in [1.82, 2.24) is 9.97 Å². The Bertz CT molecular complexity index is 1460. The van der Waals surface area contributed by atoms with E-state index < -0.39 is 16.0 Å². The van der Waals surface area contributed by atoms with Crippen LogP contribution in [0.2, 0.25) is 5.02 Å². The Kier molecular flexibility index (Phi) is 5.00. The zero-order valence-electron chi connectivity index (χ0n) is 15.4. The molecule has 2 aromatic carbocycles. The Morgan fingerprint density at radius 3 is 2.67 bits per heavy atom. The van der Waals surface area contributed by atoms with Gasteiger partial charge in [0, 0.05) is 34.6 Å². The van der Waals surface area contributed by atoms with E-state index in [2.05, 4.69) is 14.7 Å². The van der Waals surface area contributed by atoms with E-state index in [0.29, 0.717) is 27.4 Å². The number of aliphatic carboxylic acids is 1. The second-order valence-corrected chi connectivity index (χ2v) is 8.77. The maximum absolute atomic E-state index is 12.7. The Morgan fingerprint density at radius 2 is 1.93 bits per heavy atom. The third-order valence-electron chi connectivity index (χ3n) is 4.71. The quantitative estimate of drug-likeness (QED) is 0.360. The van der Waals surface area contributed by atoms with Crippen molar-refractivity contribution in [3.05, 3.63) is 69.6 Å². The van der Waals surface area contributed by atoms with Gasteiger partial charge in [0.2, 0.25) is 0 Å². The third kappa shape index (κ3) is 3.64. The van der Waals surface area contributed by atoms with Crippen LogP contribution < -0.4 is 10.3 Å². The van der Waals surface area contributed by atoms with Gasteiger partial charge in [-0.3, -0.25) is 14.3 Å². The molecule has 0 saturated carbocycles. The smallest absolute Gasteiger partial charge is 0.303 e. The second kappa shape index (κ2) is 7.51. The molecule has 30 heavy (non-hydrogen) atoms. The molecule has 154 valence electrons. The van der Waals surface area contributed by atoms with E-state index in [9.17, 15) is 18.0 Å². The zero-order valence-corrected chi connectivity index (χ0v) is 17.0. The fourth-order valence-electron chi connectivity index (χ4n) is 3.37. The summed E-state index contributed by atoms with van der Waals surface area (Å²) in [4.78, 5) is 28.9. The van der Waals surface area contributed by atoms with Gasteiger partial charge in [0.15, 0.2) is 0 Å². The number of aryl methyl sites for hydroxylation is 1. The van der Waals surface area contributed by atoms with Crippen LogP contribution in [0.15, 0.2) is 58.4 Å². The number of benzene rings is 2. The van der Waals surface area contributed by atoms with Gasteiger partial charge in [-0.15, -0.1) is 0 Å². The molecule has 0 bridgehead atoms. The van der Waals surface area contributed by atoms with Crippen molar-refractivity contribution in [2.75, 3.05) is 4.72 Å². The summed E-state index contributed by atoms with van der Waals surface area (Å²) in [6, 6.07) is 10.8. The van der Waals surface area contributed by atoms with Crippen LogP contribution in [0.3, 0.4) is 0 Å². The Morgan fingerprint density at radius 1 is 1.17 bits per heavy atom. The summed E-state index contributed by atoms with van der Waals surface area (Å²) in [7, 11) is -3.93. The largest absolute Gasteiger partial charge is 0.481 e. The Labute approximate surface area is 175 Å². The molecule has 4 rings (SSSR count). The molecule has 0 radical (unpaired) electrons. The molecule has 0 aliphatic rings. The number of anilines is 1. The molecule has 0 aliphatic heterocycles. The van der Waals surface area contributed by atoms with Gasteiger partial charge >= 0.3 is 5.97 Å². The highest BCUT2D eigenvalue weighted by molar-refractivity contribution is 7.92. The normalized spacial score (nSPS) is 11.8. The highest BCUT2D eigenvalue weighted by atomic mass is 35.5. The number of carboxylic acid groups (broad SMARTS) is 1. The number of H-pyrrole nitrogens is 2. The lowest BCUT2D eigenvalue weighted by Crippen LogP contribution is -2.13. The molecule has 0 fully saturated rings. The number of sulfonamides is 1. The monoisotopic (exact) mass is 445 g/mol. The van der Waals surface area contributed by atoms with Gasteiger partial charge in [-0.25, -0.2) is 8.42 Å². The first kappa shape index (κ1) is 20.0. The highest BCUT2D eigenvalue weighted by Gasteiger charge is 2.19. The minimum atomic E-state index is -3.93. The third-order valence-corrected chi connectivity index (χ3v) is 6.59. The molecule has 0 saturated heterocycles. The van der Waals surface area contributed by atoms with Crippen molar-refractivity contribution in [3.63, 3.8) is 0 Å². The standard InChI is InChI=1S/C20H16ClN3O5S/c21-14-3-1-2-4-16(14)30(28,29)24-12-6-7-15-13(9-12)18-11(5-8-17(25)26)10-22-19(18)20(27)23-15/h1-4,6-7,9-10,22,24H,5,8H2,(H,23,27)(H,25,26). The van der Waals surface area contributed by atoms with E-state index in [-0.39, 0.29) is 34.0 Å². The second-order valence-electron chi connectivity index (χ2n) is 6.71. The van der Waals surface area contributed by atoms with Crippen LogP contribution in [0.25, 0.3) is 21.8 Å². The SMILES string of the molecule is O=C(O)CCc1c[nH]c2c(=O)[nH]c3ccc(NS(=O)(=O)c4ccccc4Cl)cc3c12. The maximum atomic E-state index is 12.7. The van der Waals surface area contributed by atoms with Crippen molar-refractivity contribution in [3.8, 4) is 0 Å². The topological polar surface area (TPSA) is 132 Å². The van der Waals surface area contributed by atoms with E-state index in [0.717, 1.165) is 0 Å². The summed E-state index contributed by atoms with van der Waals surface area (Å²) in [6.07, 6.45) is 1.73. The number of nitrogens with one attached hydrogen (secondary N) is 3. The first-order chi connectivity index (χ1) is 14.3. The number of halogens is 1. The molecular formula is C20H16ClN3O5S. The van der Waals surface area contributed by atoms with E-state index >= 15 is 0 Å². The number of hydrogen-bond acceptors (Lipinski definition) is 4. The molecule has 0 aliphatic carbocycles. The molecule has 0 unspecified atom stereocenters. The lowest BCUT2D eigenvalue weighted by atomic mass is 10.0. The number of aromatic amines is 2. The van der Waals surface area contributed by atoms with E-state index in [1.807, 2.05) is 0 Å². The number of pyridine rings is 1. The van der Waals surface area contributed by atoms with Crippen molar-refractivity contribution < 1.29 is 18.3 Å². The number of fused-ring (bicyclic) bond motifs is 3. The van der Waals surface area contributed by atoms with Gasteiger partial charge in [-0.2, -0.15) is 0 Å². The Balaban J connectivity index is 1.83. The van der Waals surface area contributed by atoms with Crippen molar-refractivity contribution in [2.45, 2.75) is 17.7 Å². The van der Waals surface area contributed by atoms with E-state index in [1.54, 1.807) is 30.5 Å². The molecule has 0 amide bonds. The van der Waals surface area contributed by atoms with Gasteiger partial charge in [-0.1, -0.05) is 23.7 Å². The molecule has 4 N–H and O–H groups in total. The molecule has 4 aromatic rings. The minimum absolute atomic E-state index is 0.0535. The van der Waals surface area contributed by atoms with Crippen LogP contribution in [0.4, 0.5) is 5.69 Å². The van der Waals surface area contributed by atoms with Gasteiger partial charge < -0.3 is 15.1 Å². The van der Waals surface area contributed by atoms with Crippen LogP contribution in [0.5, 0.6) is 0 Å². The summed E-state index contributed by atoms with van der Waals surface area (Å²) in [6.45, 7) is 0. The molecule has 8 nitrogen and oxygen atoms in total. The summed E-state index contributed by atoms with van der Waals surface area (Å²) < 4.78 is 28.0. The maximum Gasteiger partial charge on any atom is 0.303 e. The lowest BCUT2D eigenvalue weighted by molar-refractivity contribution is -0.136. The molecular weight excluding hydrogens is 430 g/mol. The molecule has 0 spiro atoms. The molecule has 0 atom stereocenters. The number of hydrogen-bond donors (Lipinski definition) is 4.